The van der Waals surface area contributed by atoms with E-state index < -0.39 is 0 Å². The molecule has 2 aromatic heterocycles. The van der Waals surface area contributed by atoms with Crippen LogP contribution in [0.25, 0.3) is 10.2 Å². The van der Waals surface area contributed by atoms with Crippen LogP contribution < -0.4 is 0 Å². The lowest BCUT2D eigenvalue weighted by atomic mass is 10.2. The molecule has 19 heavy (non-hydrogen) atoms. The molecule has 2 nitrogen and oxygen atoms in total. The molecule has 1 atom stereocenters. The largest absolute Gasteiger partial charge is 0.465 e. The number of rotatable bonds is 4. The zero-order chi connectivity index (χ0) is 13.2. The van der Waals surface area contributed by atoms with Gasteiger partial charge < -0.3 is 4.42 Å². The van der Waals surface area contributed by atoms with Crippen molar-refractivity contribution in [1.29, 1.82) is 0 Å². The first-order valence-electron chi connectivity index (χ1n) is 6.33. The molecule has 0 spiro atoms. The summed E-state index contributed by atoms with van der Waals surface area (Å²) in [4.78, 5) is 4.60. The second-order valence-electron chi connectivity index (χ2n) is 4.40. The van der Waals surface area contributed by atoms with Gasteiger partial charge in [0.15, 0.2) is 0 Å². The summed E-state index contributed by atoms with van der Waals surface area (Å²) in [6, 6.07) is 12.1. The van der Waals surface area contributed by atoms with Gasteiger partial charge in [-0.15, -0.1) is 22.9 Å². The SMILES string of the molecule is CCc1ccc(C(Cl)Cc2nc3ccccc3s2)o1. The molecule has 0 amide bonds. The van der Waals surface area contributed by atoms with Gasteiger partial charge in [-0.05, 0) is 24.3 Å². The maximum atomic E-state index is 6.41. The third-order valence-corrected chi connectivity index (χ3v) is 4.46. The molecule has 0 aliphatic heterocycles. The quantitative estimate of drug-likeness (QED) is 0.634. The lowest BCUT2D eigenvalue weighted by Gasteiger charge is -2.03. The number of para-hydroxylation sites is 1. The summed E-state index contributed by atoms with van der Waals surface area (Å²) < 4.78 is 6.89. The first kappa shape index (κ1) is 12.7. The number of nitrogens with zero attached hydrogens (tertiary/aromatic N) is 1. The highest BCUT2D eigenvalue weighted by Gasteiger charge is 2.15. The number of fused-ring (bicyclic) bond motifs is 1. The zero-order valence-electron chi connectivity index (χ0n) is 10.6. The normalized spacial score (nSPS) is 12.9. The molecule has 3 rings (SSSR count). The molecular formula is C15H14ClNOS. The second kappa shape index (κ2) is 5.35. The topological polar surface area (TPSA) is 26.0 Å². The molecule has 0 saturated carbocycles. The third kappa shape index (κ3) is 2.67. The van der Waals surface area contributed by atoms with Crippen molar-refractivity contribution in [1.82, 2.24) is 4.98 Å². The molecule has 98 valence electrons. The molecular weight excluding hydrogens is 278 g/mol. The molecule has 1 unspecified atom stereocenters. The fourth-order valence-corrected chi connectivity index (χ4v) is 3.38. The Labute approximate surface area is 121 Å². The fourth-order valence-electron chi connectivity index (χ4n) is 2.01. The summed E-state index contributed by atoms with van der Waals surface area (Å²) in [5.41, 5.74) is 1.04. The van der Waals surface area contributed by atoms with Crippen LogP contribution in [0.4, 0.5) is 0 Å². The van der Waals surface area contributed by atoms with E-state index in [4.69, 9.17) is 16.0 Å². The Morgan fingerprint density at radius 1 is 1.26 bits per heavy atom. The van der Waals surface area contributed by atoms with Gasteiger partial charge in [0.25, 0.3) is 0 Å². The smallest absolute Gasteiger partial charge is 0.122 e. The number of thiazole rings is 1. The number of benzene rings is 1. The predicted octanol–water partition coefficient (Wildman–Crippen LogP) is 4.97. The van der Waals surface area contributed by atoms with E-state index in [9.17, 15) is 0 Å². The number of aryl methyl sites for hydroxylation is 1. The average Bonchev–Trinajstić information content (AvgIpc) is 3.04. The lowest BCUT2D eigenvalue weighted by molar-refractivity contribution is 0.464. The van der Waals surface area contributed by atoms with E-state index in [1.54, 1.807) is 11.3 Å². The Hall–Kier alpha value is -1.32. The van der Waals surface area contributed by atoms with E-state index in [2.05, 4.69) is 18.0 Å². The Bertz CT molecular complexity index is 655. The molecule has 0 saturated heterocycles. The minimum absolute atomic E-state index is 0.152. The number of hydrogen-bond donors (Lipinski definition) is 0. The molecule has 0 bridgehead atoms. The van der Waals surface area contributed by atoms with Crippen LogP contribution in [0.5, 0.6) is 0 Å². The van der Waals surface area contributed by atoms with Crippen LogP contribution >= 0.6 is 22.9 Å². The average molecular weight is 292 g/mol. The van der Waals surface area contributed by atoms with E-state index in [-0.39, 0.29) is 5.38 Å². The van der Waals surface area contributed by atoms with Crippen molar-refractivity contribution in [2.75, 3.05) is 0 Å². The van der Waals surface area contributed by atoms with Crippen molar-refractivity contribution < 1.29 is 4.42 Å². The van der Waals surface area contributed by atoms with E-state index in [0.29, 0.717) is 6.42 Å². The predicted molar refractivity (Wildman–Crippen MR) is 80.0 cm³/mol. The number of hydrogen-bond acceptors (Lipinski definition) is 3. The summed E-state index contributed by atoms with van der Waals surface area (Å²) in [6.45, 7) is 2.07. The molecule has 0 aliphatic rings. The van der Waals surface area contributed by atoms with Crippen LogP contribution in [0.15, 0.2) is 40.8 Å². The van der Waals surface area contributed by atoms with Crippen molar-refractivity contribution in [3.05, 3.63) is 52.9 Å². The highest BCUT2D eigenvalue weighted by molar-refractivity contribution is 7.18. The standard InChI is InChI=1S/C15H14ClNOS/c1-2-10-7-8-13(18-10)11(16)9-15-17-12-5-3-4-6-14(12)19-15/h3-8,11H,2,9H2,1H3. The van der Waals surface area contributed by atoms with Gasteiger partial charge in [0.1, 0.15) is 11.5 Å². The highest BCUT2D eigenvalue weighted by atomic mass is 35.5. The van der Waals surface area contributed by atoms with Crippen LogP contribution in [0, 0.1) is 0 Å². The molecule has 1 aromatic carbocycles. The monoisotopic (exact) mass is 291 g/mol. The zero-order valence-corrected chi connectivity index (χ0v) is 12.2. The van der Waals surface area contributed by atoms with Gasteiger partial charge in [-0.3, -0.25) is 0 Å². The van der Waals surface area contributed by atoms with Gasteiger partial charge in [-0.25, -0.2) is 4.98 Å². The summed E-state index contributed by atoms with van der Waals surface area (Å²) in [7, 11) is 0. The third-order valence-electron chi connectivity index (χ3n) is 3.03. The fraction of sp³-hybridized carbons (Fsp3) is 0.267. The Balaban J connectivity index is 1.80. The molecule has 0 N–H and O–H groups in total. The van der Waals surface area contributed by atoms with E-state index in [1.807, 2.05) is 30.3 Å². The van der Waals surface area contributed by atoms with Gasteiger partial charge in [-0.1, -0.05) is 19.1 Å². The Morgan fingerprint density at radius 2 is 2.11 bits per heavy atom. The van der Waals surface area contributed by atoms with Crippen LogP contribution in [0.3, 0.4) is 0 Å². The summed E-state index contributed by atoms with van der Waals surface area (Å²) >= 11 is 8.11. The van der Waals surface area contributed by atoms with Gasteiger partial charge in [-0.2, -0.15) is 0 Å². The lowest BCUT2D eigenvalue weighted by Crippen LogP contribution is -1.93. The van der Waals surface area contributed by atoms with Crippen molar-refractivity contribution in [2.45, 2.75) is 25.1 Å². The first-order valence-corrected chi connectivity index (χ1v) is 7.58. The van der Waals surface area contributed by atoms with Gasteiger partial charge >= 0.3 is 0 Å². The maximum Gasteiger partial charge on any atom is 0.122 e. The number of alkyl halides is 1. The van der Waals surface area contributed by atoms with Crippen LogP contribution in [-0.4, -0.2) is 4.98 Å². The maximum absolute atomic E-state index is 6.41. The van der Waals surface area contributed by atoms with Gasteiger partial charge in [0, 0.05) is 12.8 Å². The summed E-state index contributed by atoms with van der Waals surface area (Å²) in [5.74, 6) is 1.81. The van der Waals surface area contributed by atoms with Crippen LogP contribution in [-0.2, 0) is 12.8 Å². The number of aromatic nitrogens is 1. The van der Waals surface area contributed by atoms with E-state index >= 15 is 0 Å². The molecule has 4 heteroatoms. The van der Waals surface area contributed by atoms with E-state index in [1.165, 1.54) is 4.70 Å². The van der Waals surface area contributed by atoms with Crippen molar-refractivity contribution >= 4 is 33.2 Å². The minimum atomic E-state index is -0.152. The number of halogens is 1. The Kier molecular flexibility index (Phi) is 3.58. The molecule has 2 heterocycles. The Morgan fingerprint density at radius 3 is 2.84 bits per heavy atom. The first-order chi connectivity index (χ1) is 9.26. The summed E-state index contributed by atoms with van der Waals surface area (Å²) in [5, 5.41) is 0.900. The van der Waals surface area contributed by atoms with Crippen molar-refractivity contribution in [3.63, 3.8) is 0 Å². The van der Waals surface area contributed by atoms with Gasteiger partial charge in [0.05, 0.1) is 20.6 Å². The molecule has 0 radical (unpaired) electrons. The van der Waals surface area contributed by atoms with Crippen molar-refractivity contribution in [2.24, 2.45) is 0 Å². The number of furan rings is 1. The summed E-state index contributed by atoms with van der Waals surface area (Å²) in [6.07, 6.45) is 1.60. The van der Waals surface area contributed by atoms with E-state index in [0.717, 1.165) is 28.5 Å². The van der Waals surface area contributed by atoms with Crippen LogP contribution in [0.2, 0.25) is 0 Å². The molecule has 0 aliphatic carbocycles. The van der Waals surface area contributed by atoms with Gasteiger partial charge in [0.2, 0.25) is 0 Å². The van der Waals surface area contributed by atoms with Crippen LogP contribution in [0.1, 0.15) is 28.8 Å². The highest BCUT2D eigenvalue weighted by Crippen LogP contribution is 2.30. The molecule has 3 aromatic rings. The van der Waals surface area contributed by atoms with Crippen molar-refractivity contribution in [3.8, 4) is 0 Å². The molecule has 0 fully saturated rings. The second-order valence-corrected chi connectivity index (χ2v) is 6.05. The minimum Gasteiger partial charge on any atom is -0.465 e.